The molecule has 0 bridgehead atoms. The van der Waals surface area contributed by atoms with E-state index in [0.717, 1.165) is 11.1 Å². The molecule has 0 atom stereocenters. The maximum absolute atomic E-state index is 13.4. The number of aromatic nitrogens is 1. The van der Waals surface area contributed by atoms with Gasteiger partial charge in [-0.1, -0.05) is 36.4 Å². The highest BCUT2D eigenvalue weighted by Gasteiger charge is 2.38. The van der Waals surface area contributed by atoms with Crippen molar-refractivity contribution >= 4 is 22.8 Å². The van der Waals surface area contributed by atoms with Crippen molar-refractivity contribution in [3.63, 3.8) is 0 Å². The molecule has 0 aliphatic carbocycles. The Morgan fingerprint density at radius 2 is 1.84 bits per heavy atom. The Labute approximate surface area is 146 Å². The molecular weight excluding hydrogens is 349 g/mol. The van der Waals surface area contributed by atoms with Crippen molar-refractivity contribution < 1.29 is 18.0 Å². The van der Waals surface area contributed by atoms with Gasteiger partial charge in [0.05, 0.1) is 5.56 Å². The van der Waals surface area contributed by atoms with Crippen LogP contribution in [0.3, 0.4) is 0 Å². The van der Waals surface area contributed by atoms with Crippen LogP contribution < -0.4 is 5.32 Å². The van der Waals surface area contributed by atoms with Crippen LogP contribution in [0.4, 0.5) is 18.9 Å². The summed E-state index contributed by atoms with van der Waals surface area (Å²) in [4.78, 5) is 17.1. The average Bonchev–Trinajstić information content (AvgIpc) is 3.12. The minimum Gasteiger partial charge on any atom is -0.379 e. The quantitative estimate of drug-likeness (QED) is 0.649. The van der Waals surface area contributed by atoms with Gasteiger partial charge in [-0.05, 0) is 17.5 Å². The van der Waals surface area contributed by atoms with Crippen LogP contribution in [0.5, 0.6) is 0 Å². The van der Waals surface area contributed by atoms with Crippen molar-refractivity contribution in [1.82, 2.24) is 4.98 Å². The van der Waals surface area contributed by atoms with E-state index in [1.807, 2.05) is 17.5 Å². The fourth-order valence-electron chi connectivity index (χ4n) is 2.38. The number of alkyl halides is 3. The van der Waals surface area contributed by atoms with E-state index in [9.17, 15) is 18.0 Å². The lowest BCUT2D eigenvalue weighted by atomic mass is 9.99. The number of carbonyl (C=O) groups excluding carboxylic acids is 1. The van der Waals surface area contributed by atoms with Gasteiger partial charge in [-0.2, -0.15) is 13.2 Å². The molecule has 0 amide bonds. The molecule has 0 aliphatic heterocycles. The molecular formula is C18H13F3N2OS. The summed E-state index contributed by atoms with van der Waals surface area (Å²) in [6.07, 6.45) is -3.66. The lowest BCUT2D eigenvalue weighted by molar-refractivity contribution is -0.141. The monoisotopic (exact) mass is 362 g/mol. The van der Waals surface area contributed by atoms with E-state index in [1.165, 1.54) is 29.5 Å². The van der Waals surface area contributed by atoms with Gasteiger partial charge in [-0.25, -0.2) is 0 Å². The standard InChI is InChI=1S/C18H13F3N2OS/c19-18(20,21)17-15(16(24)12-5-2-1-3-6-12)14(8-9-22-17)23-11-13-7-4-10-25-13/h1-10H,11H2,(H,22,23). The number of thiophene rings is 1. The van der Waals surface area contributed by atoms with Crippen LogP contribution in [-0.2, 0) is 12.7 Å². The first-order valence-corrected chi connectivity index (χ1v) is 8.27. The molecule has 2 heterocycles. The van der Waals surface area contributed by atoms with E-state index in [-0.39, 0.29) is 11.3 Å². The van der Waals surface area contributed by atoms with Gasteiger partial charge >= 0.3 is 6.18 Å². The van der Waals surface area contributed by atoms with Gasteiger partial charge in [0.1, 0.15) is 0 Å². The first kappa shape index (κ1) is 17.2. The Morgan fingerprint density at radius 1 is 1.08 bits per heavy atom. The second-order valence-electron chi connectivity index (χ2n) is 5.21. The van der Waals surface area contributed by atoms with Crippen LogP contribution >= 0.6 is 11.3 Å². The molecule has 0 saturated heterocycles. The molecule has 3 aromatic rings. The number of nitrogens with zero attached hydrogens (tertiary/aromatic N) is 1. The summed E-state index contributed by atoms with van der Waals surface area (Å²) < 4.78 is 40.1. The molecule has 7 heteroatoms. The van der Waals surface area contributed by atoms with Crippen LogP contribution in [-0.4, -0.2) is 10.8 Å². The molecule has 0 aliphatic rings. The summed E-state index contributed by atoms with van der Waals surface area (Å²) >= 11 is 1.48. The number of ketones is 1. The van der Waals surface area contributed by atoms with Crippen LogP contribution in [0.25, 0.3) is 0 Å². The predicted octanol–water partition coefficient (Wildman–Crippen LogP) is 5.01. The van der Waals surface area contributed by atoms with E-state index in [1.54, 1.807) is 18.2 Å². The Balaban J connectivity index is 2.04. The third-order valence-corrected chi connectivity index (χ3v) is 4.39. The number of rotatable bonds is 5. The smallest absolute Gasteiger partial charge is 0.379 e. The number of hydrogen-bond donors (Lipinski definition) is 1. The maximum atomic E-state index is 13.4. The van der Waals surface area contributed by atoms with Gasteiger partial charge in [0.25, 0.3) is 0 Å². The molecule has 3 nitrogen and oxygen atoms in total. The number of nitrogens with one attached hydrogen (secondary N) is 1. The highest BCUT2D eigenvalue weighted by Crippen LogP contribution is 2.35. The third kappa shape index (κ3) is 3.88. The molecule has 3 rings (SSSR count). The number of carbonyl (C=O) groups is 1. The molecule has 25 heavy (non-hydrogen) atoms. The Morgan fingerprint density at radius 3 is 2.48 bits per heavy atom. The molecule has 0 fully saturated rings. The van der Waals surface area contributed by atoms with Gasteiger partial charge < -0.3 is 5.32 Å². The molecule has 1 N–H and O–H groups in total. The molecule has 0 saturated carbocycles. The number of benzene rings is 1. The number of anilines is 1. The minimum absolute atomic E-state index is 0.115. The normalized spacial score (nSPS) is 11.3. The predicted molar refractivity (Wildman–Crippen MR) is 90.8 cm³/mol. The fraction of sp³-hybridized carbons (Fsp3) is 0.111. The lowest BCUT2D eigenvalue weighted by Crippen LogP contribution is -2.18. The van der Waals surface area contributed by atoms with Gasteiger partial charge in [0.2, 0.25) is 0 Å². The van der Waals surface area contributed by atoms with Crippen molar-refractivity contribution in [3.8, 4) is 0 Å². The first-order chi connectivity index (χ1) is 12.0. The van der Waals surface area contributed by atoms with E-state index in [2.05, 4.69) is 10.3 Å². The summed E-state index contributed by atoms with van der Waals surface area (Å²) in [6, 6.07) is 13.0. The fourth-order valence-corrected chi connectivity index (χ4v) is 3.03. The highest BCUT2D eigenvalue weighted by atomic mass is 32.1. The maximum Gasteiger partial charge on any atom is 0.434 e. The average molecular weight is 362 g/mol. The summed E-state index contributed by atoms with van der Waals surface area (Å²) in [5, 5.41) is 4.80. The molecule has 2 aromatic heterocycles. The number of hydrogen-bond acceptors (Lipinski definition) is 4. The summed E-state index contributed by atoms with van der Waals surface area (Å²) in [5.74, 6) is -0.713. The first-order valence-electron chi connectivity index (χ1n) is 7.39. The van der Waals surface area contributed by atoms with E-state index in [0.29, 0.717) is 6.54 Å². The molecule has 1 aromatic carbocycles. The Kier molecular flexibility index (Phi) is 4.85. The third-order valence-electron chi connectivity index (χ3n) is 3.52. The number of pyridine rings is 1. The van der Waals surface area contributed by atoms with Crippen LogP contribution in [0.15, 0.2) is 60.1 Å². The summed E-state index contributed by atoms with van der Waals surface area (Å²) in [5.41, 5.74) is -1.35. The topological polar surface area (TPSA) is 42.0 Å². The summed E-state index contributed by atoms with van der Waals surface area (Å²) in [6.45, 7) is 0.327. The van der Waals surface area contributed by atoms with Crippen LogP contribution in [0, 0.1) is 0 Å². The zero-order valence-corrected chi connectivity index (χ0v) is 13.7. The van der Waals surface area contributed by atoms with Crippen molar-refractivity contribution in [2.45, 2.75) is 12.7 Å². The van der Waals surface area contributed by atoms with Crippen LogP contribution in [0.2, 0.25) is 0 Å². The van der Waals surface area contributed by atoms with Crippen LogP contribution in [0.1, 0.15) is 26.5 Å². The van der Waals surface area contributed by atoms with E-state index >= 15 is 0 Å². The van der Waals surface area contributed by atoms with E-state index in [4.69, 9.17) is 0 Å². The van der Waals surface area contributed by atoms with Crippen molar-refractivity contribution in [2.75, 3.05) is 5.32 Å². The zero-order valence-electron chi connectivity index (χ0n) is 12.9. The molecule has 0 radical (unpaired) electrons. The Hall–Kier alpha value is -2.67. The van der Waals surface area contributed by atoms with Crippen molar-refractivity contribution in [2.24, 2.45) is 0 Å². The van der Waals surface area contributed by atoms with Crippen molar-refractivity contribution in [1.29, 1.82) is 0 Å². The molecule has 128 valence electrons. The van der Waals surface area contributed by atoms with E-state index < -0.39 is 23.2 Å². The van der Waals surface area contributed by atoms with Gasteiger partial charge in [-0.3, -0.25) is 9.78 Å². The molecule has 0 spiro atoms. The van der Waals surface area contributed by atoms with Gasteiger partial charge in [0, 0.05) is 28.9 Å². The Bertz CT molecular complexity index is 862. The van der Waals surface area contributed by atoms with Gasteiger partial charge in [0.15, 0.2) is 11.5 Å². The second kappa shape index (κ2) is 7.06. The second-order valence-corrected chi connectivity index (χ2v) is 6.24. The zero-order chi connectivity index (χ0) is 17.9. The SMILES string of the molecule is O=C(c1ccccc1)c1c(NCc2cccs2)ccnc1C(F)(F)F. The molecule has 0 unspecified atom stereocenters. The van der Waals surface area contributed by atoms with Crippen molar-refractivity contribution in [3.05, 3.63) is 81.8 Å². The lowest BCUT2D eigenvalue weighted by Gasteiger charge is -2.16. The number of halogens is 3. The highest BCUT2D eigenvalue weighted by molar-refractivity contribution is 7.09. The minimum atomic E-state index is -4.72. The van der Waals surface area contributed by atoms with Gasteiger partial charge in [-0.15, -0.1) is 11.3 Å². The largest absolute Gasteiger partial charge is 0.434 e. The summed E-state index contributed by atoms with van der Waals surface area (Å²) in [7, 11) is 0.